The van der Waals surface area contributed by atoms with Crippen molar-refractivity contribution in [1.82, 2.24) is 10.3 Å². The molecule has 3 N–H and O–H groups in total. The van der Waals surface area contributed by atoms with Gasteiger partial charge in [-0.05, 0) is 43.7 Å². The Kier molecular flexibility index (Phi) is 4.07. The summed E-state index contributed by atoms with van der Waals surface area (Å²) in [5, 5.41) is 12.4. The average Bonchev–Trinajstić information content (AvgIpc) is 2.81. The fourth-order valence-corrected chi connectivity index (χ4v) is 2.54. The number of nitrogens with one attached hydrogen (secondary N) is 2. The van der Waals surface area contributed by atoms with Gasteiger partial charge in [0.2, 0.25) is 0 Å². The number of carbonyl (C=O) groups excluding carboxylic acids is 1. The van der Waals surface area contributed by atoms with Crippen LogP contribution in [0.3, 0.4) is 0 Å². The third kappa shape index (κ3) is 2.75. The molecule has 0 radical (unpaired) electrons. The van der Waals surface area contributed by atoms with Crippen molar-refractivity contribution < 1.29 is 9.90 Å². The van der Waals surface area contributed by atoms with Crippen molar-refractivity contribution in [2.45, 2.75) is 51.7 Å². The van der Waals surface area contributed by atoms with Crippen LogP contribution in [0.5, 0.6) is 0 Å². The smallest absolute Gasteiger partial charge is 0.267 e. The van der Waals surface area contributed by atoms with E-state index < -0.39 is 0 Å². The minimum absolute atomic E-state index is 0.0389. The molecule has 1 fully saturated rings. The molecule has 1 heterocycles. The summed E-state index contributed by atoms with van der Waals surface area (Å²) >= 11 is 0. The third-order valence-electron chi connectivity index (χ3n) is 3.85. The van der Waals surface area contributed by atoms with Crippen LogP contribution in [-0.2, 0) is 6.42 Å². The summed E-state index contributed by atoms with van der Waals surface area (Å²) < 4.78 is 0. The number of aromatic amines is 1. The molecule has 4 nitrogen and oxygen atoms in total. The van der Waals surface area contributed by atoms with Crippen LogP contribution in [-0.4, -0.2) is 28.1 Å². The topological polar surface area (TPSA) is 65.1 Å². The van der Waals surface area contributed by atoms with E-state index >= 15 is 0 Å². The second-order valence-electron chi connectivity index (χ2n) is 5.12. The molecule has 2 rings (SSSR count). The minimum atomic E-state index is -0.168. The number of aromatic nitrogens is 1. The number of H-pyrrole nitrogens is 1. The number of hydrogen-bond acceptors (Lipinski definition) is 2. The SMILES string of the molecule is CCc1ccc(C(=O)N[C@H](CC)C2CC(O)C2)[nH]1. The highest BCUT2D eigenvalue weighted by molar-refractivity contribution is 5.92. The van der Waals surface area contributed by atoms with Crippen molar-refractivity contribution in [2.24, 2.45) is 5.92 Å². The molecular formula is C14H22N2O2. The second-order valence-corrected chi connectivity index (χ2v) is 5.12. The van der Waals surface area contributed by atoms with Crippen LogP contribution in [0.4, 0.5) is 0 Å². The maximum absolute atomic E-state index is 12.1. The molecule has 0 spiro atoms. The summed E-state index contributed by atoms with van der Waals surface area (Å²) in [5.74, 6) is 0.387. The molecule has 18 heavy (non-hydrogen) atoms. The van der Waals surface area contributed by atoms with Crippen LogP contribution < -0.4 is 5.32 Å². The molecule has 1 atom stereocenters. The first-order valence-electron chi connectivity index (χ1n) is 6.80. The van der Waals surface area contributed by atoms with Crippen molar-refractivity contribution in [3.63, 3.8) is 0 Å². The maximum atomic E-state index is 12.1. The van der Waals surface area contributed by atoms with E-state index in [-0.39, 0.29) is 18.1 Å². The minimum Gasteiger partial charge on any atom is -0.393 e. The lowest BCUT2D eigenvalue weighted by molar-refractivity contribution is 0.0232. The lowest BCUT2D eigenvalue weighted by Gasteiger charge is -2.37. The lowest BCUT2D eigenvalue weighted by atomic mass is 9.76. The summed E-state index contributed by atoms with van der Waals surface area (Å²) in [5.41, 5.74) is 1.71. The number of carbonyl (C=O) groups is 1. The molecule has 1 aromatic rings. The van der Waals surface area contributed by atoms with E-state index in [0.717, 1.165) is 31.4 Å². The quantitative estimate of drug-likeness (QED) is 0.746. The zero-order chi connectivity index (χ0) is 13.1. The Hall–Kier alpha value is -1.29. The lowest BCUT2D eigenvalue weighted by Crippen LogP contribution is -2.46. The molecule has 0 aromatic carbocycles. The van der Waals surface area contributed by atoms with E-state index in [4.69, 9.17) is 0 Å². The number of aryl methyl sites for hydroxylation is 1. The van der Waals surface area contributed by atoms with Crippen molar-refractivity contribution >= 4 is 5.91 Å². The molecule has 4 heteroatoms. The van der Waals surface area contributed by atoms with Gasteiger partial charge in [-0.25, -0.2) is 0 Å². The van der Waals surface area contributed by atoms with Gasteiger partial charge in [0, 0.05) is 11.7 Å². The summed E-state index contributed by atoms with van der Waals surface area (Å²) in [4.78, 5) is 15.2. The molecule has 1 amide bonds. The number of hydrogen-bond donors (Lipinski definition) is 3. The Bertz CT molecular complexity index is 408. The Labute approximate surface area is 108 Å². The van der Waals surface area contributed by atoms with E-state index in [0.29, 0.717) is 11.6 Å². The van der Waals surface area contributed by atoms with Gasteiger partial charge in [0.25, 0.3) is 5.91 Å². The van der Waals surface area contributed by atoms with Crippen LogP contribution in [0.15, 0.2) is 12.1 Å². The molecule has 0 unspecified atom stereocenters. The molecule has 100 valence electrons. The number of amides is 1. The standard InChI is InChI=1S/C14H22N2O2/c1-3-10-5-6-13(15-10)14(18)16-12(4-2)9-7-11(17)8-9/h5-6,9,11-12,15,17H,3-4,7-8H2,1-2H3,(H,16,18)/t9?,11?,12-/m1/s1. The third-order valence-corrected chi connectivity index (χ3v) is 3.85. The Balaban J connectivity index is 1.92. The number of aliphatic hydroxyl groups excluding tert-OH is 1. The van der Waals surface area contributed by atoms with Crippen LogP contribution in [0.25, 0.3) is 0 Å². The van der Waals surface area contributed by atoms with Crippen molar-refractivity contribution in [1.29, 1.82) is 0 Å². The first-order valence-corrected chi connectivity index (χ1v) is 6.80. The van der Waals surface area contributed by atoms with E-state index in [9.17, 15) is 9.90 Å². The summed E-state index contributed by atoms with van der Waals surface area (Å²) in [6.07, 6.45) is 3.26. The van der Waals surface area contributed by atoms with Gasteiger partial charge in [-0.2, -0.15) is 0 Å². The molecule has 1 aliphatic rings. The zero-order valence-electron chi connectivity index (χ0n) is 11.1. The molecule has 0 bridgehead atoms. The molecule has 0 saturated heterocycles. The van der Waals surface area contributed by atoms with Crippen LogP contribution in [0.1, 0.15) is 49.3 Å². The zero-order valence-corrected chi connectivity index (χ0v) is 11.1. The van der Waals surface area contributed by atoms with Crippen LogP contribution >= 0.6 is 0 Å². The van der Waals surface area contributed by atoms with Gasteiger partial charge in [0.1, 0.15) is 5.69 Å². The predicted octanol–water partition coefficient (Wildman–Crippen LogP) is 1.86. The highest BCUT2D eigenvalue weighted by Gasteiger charge is 2.33. The monoisotopic (exact) mass is 250 g/mol. The normalized spacial score (nSPS) is 24.4. The van der Waals surface area contributed by atoms with Crippen LogP contribution in [0, 0.1) is 5.92 Å². The van der Waals surface area contributed by atoms with Gasteiger partial charge in [0.15, 0.2) is 0 Å². The fourth-order valence-electron chi connectivity index (χ4n) is 2.54. The Morgan fingerprint density at radius 3 is 2.72 bits per heavy atom. The Morgan fingerprint density at radius 2 is 2.22 bits per heavy atom. The first-order chi connectivity index (χ1) is 8.63. The summed E-state index contributed by atoms with van der Waals surface area (Å²) in [6, 6.07) is 3.95. The maximum Gasteiger partial charge on any atom is 0.267 e. The van der Waals surface area contributed by atoms with E-state index in [1.807, 2.05) is 12.1 Å². The molecule has 1 aliphatic carbocycles. The Morgan fingerprint density at radius 1 is 1.50 bits per heavy atom. The fraction of sp³-hybridized carbons (Fsp3) is 0.643. The molecule has 0 aliphatic heterocycles. The van der Waals surface area contributed by atoms with Gasteiger partial charge in [0.05, 0.1) is 6.10 Å². The molecule has 1 aromatic heterocycles. The largest absolute Gasteiger partial charge is 0.393 e. The van der Waals surface area contributed by atoms with Gasteiger partial charge in [-0.3, -0.25) is 4.79 Å². The highest BCUT2D eigenvalue weighted by atomic mass is 16.3. The van der Waals surface area contributed by atoms with Crippen molar-refractivity contribution in [2.75, 3.05) is 0 Å². The summed E-state index contributed by atoms with van der Waals surface area (Å²) in [6.45, 7) is 4.12. The van der Waals surface area contributed by atoms with Gasteiger partial charge >= 0.3 is 0 Å². The number of rotatable bonds is 5. The molecular weight excluding hydrogens is 228 g/mol. The second kappa shape index (κ2) is 5.57. The predicted molar refractivity (Wildman–Crippen MR) is 70.4 cm³/mol. The number of aliphatic hydroxyl groups is 1. The van der Waals surface area contributed by atoms with E-state index in [1.54, 1.807) is 0 Å². The van der Waals surface area contributed by atoms with Crippen molar-refractivity contribution in [3.05, 3.63) is 23.5 Å². The molecule has 1 saturated carbocycles. The van der Waals surface area contributed by atoms with E-state index in [1.165, 1.54) is 0 Å². The van der Waals surface area contributed by atoms with Crippen molar-refractivity contribution in [3.8, 4) is 0 Å². The van der Waals surface area contributed by atoms with Gasteiger partial charge < -0.3 is 15.4 Å². The first kappa shape index (κ1) is 13.1. The van der Waals surface area contributed by atoms with Crippen LogP contribution in [0.2, 0.25) is 0 Å². The summed E-state index contributed by atoms with van der Waals surface area (Å²) in [7, 11) is 0. The van der Waals surface area contributed by atoms with Gasteiger partial charge in [-0.15, -0.1) is 0 Å². The van der Waals surface area contributed by atoms with E-state index in [2.05, 4.69) is 24.1 Å². The van der Waals surface area contributed by atoms with Gasteiger partial charge in [-0.1, -0.05) is 13.8 Å². The highest BCUT2D eigenvalue weighted by Crippen LogP contribution is 2.31. The average molecular weight is 250 g/mol.